The largest absolute Gasteiger partial charge is 0.496 e. The SMILES string of the molecule is COc1ccccc1/C=C/C=C1\CCC2=C1O[C@@]1(c3ccc(C)cc3)CCC(=O)[C@H](O1)C2/C=C/c1ccccc1OC. The lowest BCUT2D eigenvalue weighted by molar-refractivity contribution is -0.259. The number of benzene rings is 3. The predicted molar refractivity (Wildman–Crippen MR) is 165 cm³/mol. The highest BCUT2D eigenvalue weighted by Crippen LogP contribution is 2.51. The van der Waals surface area contributed by atoms with Gasteiger partial charge in [0.1, 0.15) is 23.4 Å². The Kier molecular flexibility index (Phi) is 7.86. The first-order valence-electron chi connectivity index (χ1n) is 14.5. The number of ketones is 1. The first-order chi connectivity index (χ1) is 20.5. The second-order valence-electron chi connectivity index (χ2n) is 11.0. The van der Waals surface area contributed by atoms with Gasteiger partial charge in [0.25, 0.3) is 0 Å². The van der Waals surface area contributed by atoms with E-state index < -0.39 is 11.9 Å². The van der Waals surface area contributed by atoms with Crippen molar-refractivity contribution in [1.82, 2.24) is 0 Å². The van der Waals surface area contributed by atoms with Gasteiger partial charge in [-0.1, -0.05) is 96.6 Å². The fraction of sp³-hybridized carbons (Fsp3) is 0.270. The molecule has 3 aromatic carbocycles. The molecule has 6 rings (SSSR count). The molecule has 1 unspecified atom stereocenters. The summed E-state index contributed by atoms with van der Waals surface area (Å²) in [5.41, 5.74) is 6.25. The monoisotopic (exact) mass is 560 g/mol. The smallest absolute Gasteiger partial charge is 0.238 e. The van der Waals surface area contributed by atoms with Crippen LogP contribution in [0.4, 0.5) is 0 Å². The maximum absolute atomic E-state index is 13.5. The number of hydrogen-bond acceptors (Lipinski definition) is 5. The number of ether oxygens (including phenoxy) is 4. The summed E-state index contributed by atoms with van der Waals surface area (Å²) >= 11 is 0. The van der Waals surface area contributed by atoms with Crippen LogP contribution in [0.1, 0.15) is 47.9 Å². The van der Waals surface area contributed by atoms with Crippen molar-refractivity contribution in [2.75, 3.05) is 14.2 Å². The third-order valence-electron chi connectivity index (χ3n) is 8.40. The van der Waals surface area contributed by atoms with Crippen LogP contribution in [0.25, 0.3) is 12.2 Å². The Balaban J connectivity index is 1.44. The molecule has 2 heterocycles. The highest BCUT2D eigenvalue weighted by atomic mass is 16.7. The first kappa shape index (κ1) is 27.8. The predicted octanol–water partition coefficient (Wildman–Crippen LogP) is 7.96. The van der Waals surface area contributed by atoms with E-state index in [1.165, 1.54) is 0 Å². The number of carbonyl (C=O) groups is 1. The number of methoxy groups -OCH3 is 2. The molecule has 1 fully saturated rings. The Morgan fingerprint density at radius 2 is 1.50 bits per heavy atom. The lowest BCUT2D eigenvalue weighted by Crippen LogP contribution is -2.46. The van der Waals surface area contributed by atoms with Crippen LogP contribution in [0.2, 0.25) is 0 Å². The highest BCUT2D eigenvalue weighted by molar-refractivity contribution is 5.85. The van der Waals surface area contributed by atoms with Gasteiger partial charge in [-0.15, -0.1) is 0 Å². The standard InChI is InChI=1S/C37H36O5/c1-25-15-19-29(20-16-25)37-24-23-32(38)36(42-37)31(21-17-27-10-5-7-14-34(27)40-3)30-22-18-28(35(30)41-37)12-8-11-26-9-4-6-13-33(26)39-2/h4-17,19-21,31,36H,18,22-24H2,1-3H3/b11-8+,21-17+,28-12+/t31?,36-,37+/m1/s1. The Morgan fingerprint density at radius 1 is 0.833 bits per heavy atom. The van der Waals surface area contributed by atoms with E-state index in [0.29, 0.717) is 12.8 Å². The number of hydrogen-bond donors (Lipinski definition) is 0. The Labute approximate surface area is 247 Å². The molecular weight excluding hydrogens is 524 g/mol. The fourth-order valence-electron chi connectivity index (χ4n) is 6.15. The number of allylic oxidation sites excluding steroid dienone is 3. The van der Waals surface area contributed by atoms with Crippen LogP contribution in [0.3, 0.4) is 0 Å². The summed E-state index contributed by atoms with van der Waals surface area (Å²) in [5.74, 6) is 1.27. The van der Waals surface area contributed by atoms with E-state index in [9.17, 15) is 4.79 Å². The van der Waals surface area contributed by atoms with Gasteiger partial charge in [-0.2, -0.15) is 0 Å². The van der Waals surface area contributed by atoms with Gasteiger partial charge in [-0.05, 0) is 43.0 Å². The van der Waals surface area contributed by atoms with Crippen LogP contribution in [-0.4, -0.2) is 26.1 Å². The molecule has 42 heavy (non-hydrogen) atoms. The number of para-hydroxylation sites is 2. The molecular formula is C37H36O5. The summed E-state index contributed by atoms with van der Waals surface area (Å²) in [6.45, 7) is 2.06. The number of Topliss-reactive ketones (excluding diaryl/α,β-unsaturated/α-hetero) is 1. The maximum atomic E-state index is 13.5. The van der Waals surface area contributed by atoms with Crippen LogP contribution >= 0.6 is 0 Å². The van der Waals surface area contributed by atoms with E-state index in [1.54, 1.807) is 14.2 Å². The first-order valence-corrected chi connectivity index (χ1v) is 14.5. The van der Waals surface area contributed by atoms with Crippen LogP contribution in [-0.2, 0) is 20.1 Å². The molecule has 2 bridgehead atoms. The van der Waals surface area contributed by atoms with Gasteiger partial charge < -0.3 is 18.9 Å². The van der Waals surface area contributed by atoms with Gasteiger partial charge in [0.2, 0.25) is 5.79 Å². The van der Waals surface area contributed by atoms with Crippen molar-refractivity contribution in [3.63, 3.8) is 0 Å². The molecule has 0 saturated carbocycles. The van der Waals surface area contributed by atoms with Gasteiger partial charge in [-0.3, -0.25) is 4.79 Å². The van der Waals surface area contributed by atoms with Crippen molar-refractivity contribution in [2.24, 2.45) is 5.92 Å². The molecule has 0 spiro atoms. The van der Waals surface area contributed by atoms with Crippen LogP contribution in [0.5, 0.6) is 11.5 Å². The van der Waals surface area contributed by atoms with Gasteiger partial charge in [0.15, 0.2) is 5.78 Å². The lowest BCUT2D eigenvalue weighted by Gasteiger charge is -2.40. The minimum atomic E-state index is -1.03. The van der Waals surface area contributed by atoms with E-state index in [4.69, 9.17) is 18.9 Å². The van der Waals surface area contributed by atoms with E-state index in [-0.39, 0.29) is 11.7 Å². The van der Waals surface area contributed by atoms with Crippen molar-refractivity contribution in [1.29, 1.82) is 0 Å². The Bertz CT molecular complexity index is 1590. The summed E-state index contributed by atoms with van der Waals surface area (Å²) in [7, 11) is 3.35. The summed E-state index contributed by atoms with van der Waals surface area (Å²) in [6, 6.07) is 24.1. The number of fused-ring (bicyclic) bond motifs is 2. The van der Waals surface area contributed by atoms with Crippen molar-refractivity contribution in [3.8, 4) is 11.5 Å². The van der Waals surface area contributed by atoms with Crippen LogP contribution in [0.15, 0.2) is 108 Å². The second-order valence-corrected chi connectivity index (χ2v) is 11.0. The number of rotatable bonds is 7. The summed E-state index contributed by atoms with van der Waals surface area (Å²) in [6.07, 6.45) is 12.2. The minimum absolute atomic E-state index is 0.110. The van der Waals surface area contributed by atoms with Crippen molar-refractivity contribution < 1.29 is 23.7 Å². The second kappa shape index (κ2) is 11.9. The quantitative estimate of drug-likeness (QED) is 0.293. The maximum Gasteiger partial charge on any atom is 0.238 e. The molecule has 214 valence electrons. The molecule has 0 aromatic heterocycles. The van der Waals surface area contributed by atoms with E-state index in [0.717, 1.165) is 63.5 Å². The van der Waals surface area contributed by atoms with Crippen molar-refractivity contribution >= 4 is 17.9 Å². The molecule has 3 aliphatic rings. The molecule has 1 aliphatic carbocycles. The average molecular weight is 561 g/mol. The van der Waals surface area contributed by atoms with E-state index in [1.807, 2.05) is 66.8 Å². The normalized spacial score (nSPS) is 24.6. The fourth-order valence-corrected chi connectivity index (χ4v) is 6.15. The summed E-state index contributed by atoms with van der Waals surface area (Å²) in [5, 5.41) is 0. The van der Waals surface area contributed by atoms with Crippen LogP contribution < -0.4 is 9.47 Å². The number of carbonyl (C=O) groups excluding carboxylic acids is 1. The molecule has 0 amide bonds. The molecule has 0 radical (unpaired) electrons. The van der Waals surface area contributed by atoms with Crippen molar-refractivity contribution in [2.45, 2.75) is 44.5 Å². The third-order valence-corrected chi connectivity index (χ3v) is 8.40. The summed E-state index contributed by atoms with van der Waals surface area (Å²) in [4.78, 5) is 13.5. The molecule has 5 heteroatoms. The van der Waals surface area contributed by atoms with Crippen LogP contribution in [0, 0.1) is 12.8 Å². The molecule has 3 aromatic rings. The van der Waals surface area contributed by atoms with Gasteiger partial charge >= 0.3 is 0 Å². The molecule has 0 N–H and O–H groups in total. The molecule has 5 nitrogen and oxygen atoms in total. The zero-order chi connectivity index (χ0) is 29.1. The van der Waals surface area contributed by atoms with E-state index in [2.05, 4.69) is 43.3 Å². The third kappa shape index (κ3) is 5.33. The lowest BCUT2D eigenvalue weighted by atomic mass is 9.84. The topological polar surface area (TPSA) is 54.0 Å². The Morgan fingerprint density at radius 3 is 2.19 bits per heavy atom. The Hall–Kier alpha value is -4.35. The molecule has 1 saturated heterocycles. The van der Waals surface area contributed by atoms with Gasteiger partial charge in [-0.25, -0.2) is 0 Å². The van der Waals surface area contributed by atoms with E-state index >= 15 is 0 Å². The van der Waals surface area contributed by atoms with Gasteiger partial charge in [0.05, 0.1) is 14.2 Å². The average Bonchev–Trinajstić information content (AvgIpc) is 3.35. The highest BCUT2D eigenvalue weighted by Gasteiger charge is 2.52. The minimum Gasteiger partial charge on any atom is -0.496 e. The van der Waals surface area contributed by atoms with Gasteiger partial charge in [0, 0.05) is 35.4 Å². The zero-order valence-electron chi connectivity index (χ0n) is 24.3. The van der Waals surface area contributed by atoms with Crippen molar-refractivity contribution in [3.05, 3.63) is 130 Å². The molecule has 3 atom stereocenters. The molecule has 2 aliphatic heterocycles. The summed E-state index contributed by atoms with van der Waals surface area (Å²) < 4.78 is 24.8. The number of aryl methyl sites for hydroxylation is 1. The zero-order valence-corrected chi connectivity index (χ0v) is 24.3.